The van der Waals surface area contributed by atoms with Gasteiger partial charge < -0.3 is 4.42 Å². The molecule has 26 heavy (non-hydrogen) atoms. The molecular formula is C21H26N4O. The van der Waals surface area contributed by atoms with Gasteiger partial charge in [-0.1, -0.05) is 0 Å². The molecule has 0 spiro atoms. The van der Waals surface area contributed by atoms with Crippen molar-refractivity contribution in [2.24, 2.45) is 5.92 Å². The first-order valence-electron chi connectivity index (χ1n) is 9.40. The predicted octanol–water partition coefficient (Wildman–Crippen LogP) is 4.17. The molecular weight excluding hydrogens is 324 g/mol. The molecule has 0 aliphatic carbocycles. The van der Waals surface area contributed by atoms with Crippen LogP contribution in [0, 0.1) is 26.7 Å². The fraction of sp³-hybridized carbons (Fsp3) is 0.476. The number of likely N-dealkylation sites (tertiary alicyclic amines) is 1. The summed E-state index contributed by atoms with van der Waals surface area (Å²) < 4.78 is 5.54. The van der Waals surface area contributed by atoms with Gasteiger partial charge in [0.15, 0.2) is 17.1 Å². The highest BCUT2D eigenvalue weighted by molar-refractivity contribution is 5.67. The molecule has 1 saturated heterocycles. The van der Waals surface area contributed by atoms with Crippen LogP contribution in [0.1, 0.15) is 47.9 Å². The first-order chi connectivity index (χ1) is 12.5. The largest absolute Gasteiger partial charge is 0.439 e. The van der Waals surface area contributed by atoms with E-state index in [0.717, 1.165) is 42.2 Å². The molecule has 4 rings (SSSR count). The van der Waals surface area contributed by atoms with E-state index in [0.29, 0.717) is 23.5 Å². The second kappa shape index (κ2) is 6.80. The molecule has 0 N–H and O–H groups in total. The van der Waals surface area contributed by atoms with Gasteiger partial charge in [0.05, 0.1) is 5.69 Å². The molecule has 0 radical (unpaired) electrons. The summed E-state index contributed by atoms with van der Waals surface area (Å²) in [6, 6.07) is 8.80. The summed E-state index contributed by atoms with van der Waals surface area (Å²) in [5.74, 6) is 1.36. The number of fused-ring (bicyclic) bond motifs is 1. The molecule has 0 saturated carbocycles. The molecule has 3 aromatic rings. The minimum atomic E-state index is 0.294. The van der Waals surface area contributed by atoms with Gasteiger partial charge in [-0.2, -0.15) is 4.98 Å². The van der Waals surface area contributed by atoms with Crippen molar-refractivity contribution < 1.29 is 4.42 Å². The first kappa shape index (κ1) is 17.2. The number of hydrogen-bond acceptors (Lipinski definition) is 5. The molecule has 136 valence electrons. The standard InChI is InChI=1S/C21H26N4O/c1-13-9-18(10-14(2)22-13)11-17-7-8-25(12-17)15(3)19-5-6-20-21(24-19)23-16(4)26-20/h5-6,9-10,15,17H,7-8,11-12H2,1-4H3/t15-,17+/m0/s1. The summed E-state index contributed by atoms with van der Waals surface area (Å²) in [5.41, 5.74) is 6.19. The summed E-state index contributed by atoms with van der Waals surface area (Å²) in [6.45, 7) is 10.5. The molecule has 0 unspecified atom stereocenters. The quantitative estimate of drug-likeness (QED) is 0.707. The molecule has 1 fully saturated rings. The third kappa shape index (κ3) is 3.49. The number of rotatable bonds is 4. The number of oxazole rings is 1. The Morgan fingerprint density at radius 2 is 1.88 bits per heavy atom. The van der Waals surface area contributed by atoms with E-state index in [1.807, 2.05) is 13.0 Å². The molecule has 0 amide bonds. The van der Waals surface area contributed by atoms with Gasteiger partial charge in [-0.05, 0) is 75.9 Å². The number of pyridine rings is 2. The summed E-state index contributed by atoms with van der Waals surface area (Å²) in [7, 11) is 0. The van der Waals surface area contributed by atoms with Crippen LogP contribution in [0.25, 0.3) is 11.2 Å². The number of aromatic nitrogens is 3. The van der Waals surface area contributed by atoms with E-state index in [-0.39, 0.29) is 0 Å². The Bertz CT molecular complexity index is 913. The van der Waals surface area contributed by atoms with Crippen LogP contribution in [-0.2, 0) is 6.42 Å². The average molecular weight is 350 g/mol. The molecule has 1 aliphatic heterocycles. The Hall–Kier alpha value is -2.27. The second-order valence-corrected chi connectivity index (χ2v) is 7.58. The van der Waals surface area contributed by atoms with Gasteiger partial charge in [0, 0.05) is 30.9 Å². The van der Waals surface area contributed by atoms with Gasteiger partial charge in [-0.25, -0.2) is 4.98 Å². The third-order valence-corrected chi connectivity index (χ3v) is 5.34. The van der Waals surface area contributed by atoms with Crippen molar-refractivity contribution in [3.63, 3.8) is 0 Å². The van der Waals surface area contributed by atoms with Gasteiger partial charge >= 0.3 is 0 Å². The van der Waals surface area contributed by atoms with Crippen LogP contribution < -0.4 is 0 Å². The minimum absolute atomic E-state index is 0.294. The van der Waals surface area contributed by atoms with Crippen molar-refractivity contribution in [3.8, 4) is 0 Å². The maximum atomic E-state index is 5.54. The molecule has 0 bridgehead atoms. The summed E-state index contributed by atoms with van der Waals surface area (Å²) >= 11 is 0. The van der Waals surface area contributed by atoms with E-state index in [4.69, 9.17) is 9.40 Å². The highest BCUT2D eigenvalue weighted by atomic mass is 16.3. The molecule has 2 atom stereocenters. The van der Waals surface area contributed by atoms with Crippen molar-refractivity contribution in [1.82, 2.24) is 19.9 Å². The van der Waals surface area contributed by atoms with Crippen LogP contribution in [0.2, 0.25) is 0 Å². The zero-order valence-electron chi connectivity index (χ0n) is 16.0. The maximum Gasteiger partial charge on any atom is 0.199 e. The second-order valence-electron chi connectivity index (χ2n) is 7.58. The smallest absolute Gasteiger partial charge is 0.199 e. The van der Waals surface area contributed by atoms with Gasteiger partial charge in [0.1, 0.15) is 0 Å². The van der Waals surface area contributed by atoms with E-state index in [9.17, 15) is 0 Å². The summed E-state index contributed by atoms with van der Waals surface area (Å²) in [5, 5.41) is 0. The summed E-state index contributed by atoms with van der Waals surface area (Å²) in [4.78, 5) is 16.1. The number of nitrogens with zero attached hydrogens (tertiary/aromatic N) is 4. The van der Waals surface area contributed by atoms with Crippen LogP contribution in [0.3, 0.4) is 0 Å². The van der Waals surface area contributed by atoms with Crippen molar-refractivity contribution >= 4 is 11.2 Å². The van der Waals surface area contributed by atoms with Crippen LogP contribution in [0.15, 0.2) is 28.7 Å². The maximum absolute atomic E-state index is 5.54. The van der Waals surface area contributed by atoms with E-state index in [2.05, 4.69) is 53.8 Å². The molecule has 5 nitrogen and oxygen atoms in total. The average Bonchev–Trinajstić information content (AvgIpc) is 3.17. The molecule has 0 aromatic carbocycles. The zero-order valence-corrected chi connectivity index (χ0v) is 16.0. The van der Waals surface area contributed by atoms with E-state index in [1.54, 1.807) is 0 Å². The lowest BCUT2D eigenvalue weighted by Crippen LogP contribution is -2.25. The highest BCUT2D eigenvalue weighted by Crippen LogP contribution is 2.29. The van der Waals surface area contributed by atoms with E-state index >= 15 is 0 Å². The minimum Gasteiger partial charge on any atom is -0.439 e. The zero-order chi connectivity index (χ0) is 18.3. The van der Waals surface area contributed by atoms with Crippen molar-refractivity contribution in [3.05, 3.63) is 52.8 Å². The van der Waals surface area contributed by atoms with Crippen LogP contribution >= 0.6 is 0 Å². The Kier molecular flexibility index (Phi) is 4.49. The first-order valence-corrected chi connectivity index (χ1v) is 9.40. The van der Waals surface area contributed by atoms with Crippen molar-refractivity contribution in [2.75, 3.05) is 13.1 Å². The Labute approximate surface area is 154 Å². The van der Waals surface area contributed by atoms with Crippen LogP contribution in [0.4, 0.5) is 0 Å². The lowest BCUT2D eigenvalue weighted by Gasteiger charge is -2.24. The fourth-order valence-electron chi connectivity index (χ4n) is 4.11. The van der Waals surface area contributed by atoms with Gasteiger partial charge in [-0.3, -0.25) is 9.88 Å². The Balaban J connectivity index is 1.45. The summed E-state index contributed by atoms with van der Waals surface area (Å²) in [6.07, 6.45) is 2.36. The van der Waals surface area contributed by atoms with Gasteiger partial charge in [0.2, 0.25) is 0 Å². The topological polar surface area (TPSA) is 55.1 Å². The van der Waals surface area contributed by atoms with Crippen LogP contribution in [-0.4, -0.2) is 32.9 Å². The molecule has 5 heteroatoms. The molecule has 3 aromatic heterocycles. The Morgan fingerprint density at radius 1 is 1.12 bits per heavy atom. The normalized spacial score (nSPS) is 19.3. The third-order valence-electron chi connectivity index (χ3n) is 5.34. The van der Waals surface area contributed by atoms with Gasteiger partial charge in [0.25, 0.3) is 0 Å². The van der Waals surface area contributed by atoms with Crippen molar-refractivity contribution in [2.45, 2.75) is 46.6 Å². The number of aryl methyl sites for hydroxylation is 3. The molecule has 1 aliphatic rings. The Morgan fingerprint density at radius 3 is 2.65 bits per heavy atom. The number of hydrogen-bond donors (Lipinski definition) is 0. The SMILES string of the molecule is Cc1cc(C[C@H]2CCN([C@@H](C)c3ccc4oc(C)nc4n3)C2)cc(C)n1. The lowest BCUT2D eigenvalue weighted by atomic mass is 9.98. The molecule has 4 heterocycles. The van der Waals surface area contributed by atoms with E-state index < -0.39 is 0 Å². The van der Waals surface area contributed by atoms with E-state index in [1.165, 1.54) is 12.0 Å². The monoisotopic (exact) mass is 350 g/mol. The fourth-order valence-corrected chi connectivity index (χ4v) is 4.11. The lowest BCUT2D eigenvalue weighted by molar-refractivity contribution is 0.248. The predicted molar refractivity (Wildman–Crippen MR) is 102 cm³/mol. The van der Waals surface area contributed by atoms with Gasteiger partial charge in [-0.15, -0.1) is 0 Å². The highest BCUT2D eigenvalue weighted by Gasteiger charge is 2.28. The van der Waals surface area contributed by atoms with Crippen LogP contribution in [0.5, 0.6) is 0 Å². The van der Waals surface area contributed by atoms with Crippen molar-refractivity contribution in [1.29, 1.82) is 0 Å².